The molecule has 0 unspecified atom stereocenters. The molecule has 0 saturated carbocycles. The summed E-state index contributed by atoms with van der Waals surface area (Å²) in [6, 6.07) is 0. The quantitative estimate of drug-likeness (QED) is 0.0711. The van der Waals surface area contributed by atoms with Gasteiger partial charge in [-0.3, -0.25) is 9.59 Å². The highest BCUT2D eigenvalue weighted by Crippen LogP contribution is 2.28. The summed E-state index contributed by atoms with van der Waals surface area (Å²) in [5, 5.41) is 6.49. The Bertz CT molecular complexity index is 3210. The Morgan fingerprint density at radius 2 is 0.549 bits per heavy atom. The van der Waals surface area contributed by atoms with Crippen LogP contribution in [-0.4, -0.2) is 277 Å². The lowest BCUT2D eigenvalue weighted by Crippen LogP contribution is -2.45. The van der Waals surface area contributed by atoms with E-state index >= 15 is 0 Å². The van der Waals surface area contributed by atoms with Crippen molar-refractivity contribution in [2.75, 3.05) is 88.7 Å². The van der Waals surface area contributed by atoms with Crippen LogP contribution >= 0.6 is 35.9 Å². The molecule has 0 bridgehead atoms. The van der Waals surface area contributed by atoms with Crippen LogP contribution < -0.4 is 29.9 Å². The highest BCUT2D eigenvalue weighted by Gasteiger charge is 2.37. The van der Waals surface area contributed by atoms with Crippen molar-refractivity contribution >= 4 is 131 Å². The minimum absolute atomic E-state index is 0. The van der Waals surface area contributed by atoms with Gasteiger partial charge in [0.05, 0.1) is 49.9 Å². The Morgan fingerprint density at radius 1 is 0.345 bits per heavy atom. The van der Waals surface area contributed by atoms with Crippen molar-refractivity contribution in [3.8, 4) is 11.8 Å². The molecule has 2 aromatic heterocycles. The van der Waals surface area contributed by atoms with Crippen LogP contribution in [0.1, 0.15) is 164 Å². The van der Waals surface area contributed by atoms with Crippen molar-refractivity contribution in [1.82, 2.24) is 28.1 Å². The molecule has 0 aromatic carbocycles. The third-order valence-corrected chi connectivity index (χ3v) is 16.0. The molecule has 0 spiro atoms. The summed E-state index contributed by atoms with van der Waals surface area (Å²) in [5.74, 6) is -12.4. The monoisotopic (exact) mass is 1670 g/mol. The maximum absolute atomic E-state index is 13.0. The molecule has 2 aliphatic rings. The molecular weight excluding hydrogens is 1560 g/mol. The second-order valence-corrected chi connectivity index (χ2v) is 28.6. The first-order valence-corrected chi connectivity index (χ1v) is 37.8. The summed E-state index contributed by atoms with van der Waals surface area (Å²) in [4.78, 5) is 178. The van der Waals surface area contributed by atoms with E-state index < -0.39 is 169 Å². The normalized spacial score (nSPS) is 16.6. The summed E-state index contributed by atoms with van der Waals surface area (Å²) in [6.45, 7) is 34.3. The Kier molecular flexibility index (Phi) is 44.0. The van der Waals surface area contributed by atoms with Crippen molar-refractivity contribution in [1.29, 1.82) is 0 Å². The zero-order valence-corrected chi connectivity index (χ0v) is 69.8. The van der Waals surface area contributed by atoms with Gasteiger partial charge < -0.3 is 106 Å². The molecule has 0 aliphatic carbocycles. The maximum atomic E-state index is 13.0. The van der Waals surface area contributed by atoms with Crippen LogP contribution in [-0.2, 0) is 143 Å². The Hall–Kier alpha value is -8.97. The van der Waals surface area contributed by atoms with E-state index in [-0.39, 0.29) is 74.4 Å². The molecule has 2 aliphatic heterocycles. The summed E-state index contributed by atoms with van der Waals surface area (Å²) in [5.41, 5.74) is -0.669. The van der Waals surface area contributed by atoms with Crippen LogP contribution in [0.4, 0.5) is 11.6 Å². The summed E-state index contributed by atoms with van der Waals surface area (Å²) < 4.78 is 111. The van der Waals surface area contributed by atoms with E-state index in [9.17, 15) is 67.1 Å². The van der Waals surface area contributed by atoms with Crippen LogP contribution in [0.3, 0.4) is 0 Å². The average Bonchev–Trinajstić information content (AvgIpc) is 1.78. The fourth-order valence-corrected chi connectivity index (χ4v) is 9.68. The van der Waals surface area contributed by atoms with Gasteiger partial charge in [-0.25, -0.2) is 57.5 Å². The number of hydrogen-bond acceptors (Lipinski definition) is 42. The Balaban J connectivity index is 0.000000760. The fourth-order valence-electron chi connectivity index (χ4n) is 8.64. The first kappa shape index (κ1) is 100. The third kappa shape index (κ3) is 37.7. The van der Waals surface area contributed by atoms with Crippen LogP contribution in [0.5, 0.6) is 11.8 Å². The second-order valence-electron chi connectivity index (χ2n) is 27.5. The molecule has 2 fully saturated rings. The zero-order valence-electron chi connectivity index (χ0n) is 67.4. The molecule has 4 rings (SSSR count). The van der Waals surface area contributed by atoms with Gasteiger partial charge >= 0.3 is 83.6 Å². The number of esters is 14. The van der Waals surface area contributed by atoms with Gasteiger partial charge in [-0.15, -0.1) is 21.2 Å². The van der Waals surface area contributed by atoms with Crippen molar-refractivity contribution in [3.05, 3.63) is 0 Å². The molecule has 14 atom stereocenters. The number of morpholine rings is 2. The Labute approximate surface area is 669 Å². The van der Waals surface area contributed by atoms with Gasteiger partial charge in [0.25, 0.3) is 11.8 Å². The number of aromatic nitrogens is 4. The molecule has 2 saturated heterocycles. The molecule has 2 N–H and O–H groups in total. The molecule has 4 heterocycles. The minimum Gasteiger partial charge on any atom is -0.470 e. The van der Waals surface area contributed by atoms with Gasteiger partial charge in [0.2, 0.25) is 11.6 Å². The van der Waals surface area contributed by atoms with E-state index in [1.54, 1.807) is 13.8 Å². The zero-order chi connectivity index (χ0) is 84.3. The molecule has 2 aromatic rings. The molecular formula is C70H109ClN8O32S2. The largest absolute Gasteiger partial charge is 0.470 e. The van der Waals surface area contributed by atoms with E-state index in [1.807, 2.05) is 51.3 Å². The highest BCUT2D eigenvalue weighted by molar-refractivity contribution is 6.99. The van der Waals surface area contributed by atoms with Gasteiger partial charge in [-0.2, -0.15) is 8.75 Å². The lowest BCUT2D eigenvalue weighted by molar-refractivity contribution is -0.188. The minimum atomic E-state index is -1.57. The first-order chi connectivity index (χ1) is 52.4. The molecule has 43 heteroatoms. The fraction of sp³-hybridized carbons (Fsp3) is 0.743. The SMILES string of the molecule is CCCC(=O)O[C@@H](C)C(=O)O[C@@H](C)C(=O)O[C@@H](C)C(=O)O[C@@H](C)C(=O)O[C@@H](C)C(=O)O[C@@H](C)C(=O)O[C@@H](CNC(C)(C)C)COc1nsnc1N1CCOCC1.CCCC(=O)O[C@@H](C)C(=O)O[C@@H](C)C(=O)O[C@@H](C)C(=O)O[C@@H](C)C(=O)O[C@@H](C)C(=O)O[C@@H](C)C(=O)O[C@@H](CNC(C)(C)C)COc1nsnc1N1CCOCC1.Cl. The summed E-state index contributed by atoms with van der Waals surface area (Å²) in [7, 11) is 0. The van der Waals surface area contributed by atoms with Crippen LogP contribution in [0.2, 0.25) is 0 Å². The number of nitrogens with zero attached hydrogens (tertiary/aromatic N) is 6. The topological polar surface area (TPSA) is 487 Å². The number of rotatable bonds is 42. The number of carbonyl (C=O) groups excluding carboxylic acids is 14. The lowest BCUT2D eigenvalue weighted by Gasteiger charge is -2.28. The summed E-state index contributed by atoms with van der Waals surface area (Å²) >= 11 is 1.97. The van der Waals surface area contributed by atoms with Crippen LogP contribution in [0.25, 0.3) is 0 Å². The standard InChI is InChI=1S/2C35H54N4O16S.ClH/c2*1-11-12-26(40)49-19(2)29(41)50-20(3)30(42)51-21(4)31(43)52-22(5)32(44)53-23(6)33(45)54-24(7)34(46)55-25(17-36-35(8,9)10)18-48-28-27(37-56-38-28)39-13-15-47-16-14-39;/h2*19-25,36H,11-18H2,1-10H3;1H/t2*19-,20-,21-,22-,23-,24-,25-;/m00./s1. The third-order valence-electron chi connectivity index (χ3n) is 15.0. The van der Waals surface area contributed by atoms with Gasteiger partial charge in [0.1, 0.15) is 25.4 Å². The number of halogens is 1. The van der Waals surface area contributed by atoms with E-state index in [2.05, 4.69) is 28.1 Å². The van der Waals surface area contributed by atoms with E-state index in [4.69, 9.17) is 85.3 Å². The number of ether oxygens (including phenoxy) is 18. The molecule has 113 heavy (non-hydrogen) atoms. The average molecular weight is 1670 g/mol. The number of carbonyl (C=O) groups is 14. The van der Waals surface area contributed by atoms with Gasteiger partial charge in [0, 0.05) is 63.2 Å². The predicted molar refractivity (Wildman–Crippen MR) is 396 cm³/mol. The van der Waals surface area contributed by atoms with Gasteiger partial charge in [0.15, 0.2) is 73.2 Å². The predicted octanol–water partition coefficient (Wildman–Crippen LogP) is 3.31. The van der Waals surface area contributed by atoms with Crippen molar-refractivity contribution in [3.63, 3.8) is 0 Å². The number of anilines is 2. The molecule has 40 nitrogen and oxygen atoms in total. The van der Waals surface area contributed by atoms with E-state index in [0.29, 0.717) is 77.1 Å². The van der Waals surface area contributed by atoms with E-state index in [1.165, 1.54) is 55.4 Å². The Morgan fingerprint density at radius 3 is 0.752 bits per heavy atom. The van der Waals surface area contributed by atoms with Crippen LogP contribution in [0, 0.1) is 0 Å². The lowest BCUT2D eigenvalue weighted by atomic mass is 10.1. The van der Waals surface area contributed by atoms with E-state index in [0.717, 1.165) is 51.2 Å². The summed E-state index contributed by atoms with van der Waals surface area (Å²) in [6.07, 6.45) is -18.1. The smallest absolute Gasteiger partial charge is 0.347 e. The van der Waals surface area contributed by atoms with Crippen molar-refractivity contribution in [2.24, 2.45) is 0 Å². The molecule has 640 valence electrons. The van der Waals surface area contributed by atoms with Gasteiger partial charge in [-0.05, 0) is 137 Å². The van der Waals surface area contributed by atoms with Crippen molar-refractivity contribution < 1.29 is 152 Å². The molecule has 0 amide bonds. The number of hydrogen-bond donors (Lipinski definition) is 2. The number of nitrogens with one attached hydrogen (secondary N) is 2. The maximum Gasteiger partial charge on any atom is 0.347 e. The van der Waals surface area contributed by atoms with Crippen LogP contribution in [0.15, 0.2) is 0 Å². The van der Waals surface area contributed by atoms with Crippen molar-refractivity contribution in [2.45, 2.75) is 261 Å². The molecule has 0 radical (unpaired) electrons. The first-order valence-electron chi connectivity index (χ1n) is 36.3. The highest BCUT2D eigenvalue weighted by atomic mass is 35.5. The van der Waals surface area contributed by atoms with Gasteiger partial charge in [-0.1, -0.05) is 13.8 Å². The second kappa shape index (κ2) is 49.6.